The normalized spacial score (nSPS) is 12.0. The molecule has 2 aromatic carbocycles. The quantitative estimate of drug-likeness (QED) is 0.935. The zero-order valence-corrected chi connectivity index (χ0v) is 12.3. The lowest BCUT2D eigenvalue weighted by Crippen LogP contribution is -2.01. The van der Waals surface area contributed by atoms with Crippen molar-refractivity contribution in [2.75, 3.05) is 14.2 Å². The van der Waals surface area contributed by atoms with Gasteiger partial charge in [0.25, 0.3) is 0 Å². The van der Waals surface area contributed by atoms with Crippen LogP contribution in [-0.2, 0) is 0 Å². The van der Waals surface area contributed by atoms with Gasteiger partial charge in [-0.3, -0.25) is 0 Å². The van der Waals surface area contributed by atoms with Gasteiger partial charge in [0.15, 0.2) is 0 Å². The highest BCUT2D eigenvalue weighted by Gasteiger charge is 2.15. The SMILES string of the molecule is COc1cc(OC)cc(C(O)c2ccccc2Br)c1. The molecular weight excluding hydrogens is 308 g/mol. The fraction of sp³-hybridized carbons (Fsp3) is 0.200. The van der Waals surface area contributed by atoms with Gasteiger partial charge in [-0.1, -0.05) is 34.1 Å². The standard InChI is InChI=1S/C15H15BrO3/c1-18-11-7-10(8-12(9-11)19-2)15(17)13-5-3-4-6-14(13)16/h3-9,15,17H,1-2H3. The van der Waals surface area contributed by atoms with Gasteiger partial charge in [0.2, 0.25) is 0 Å². The van der Waals surface area contributed by atoms with Gasteiger partial charge < -0.3 is 14.6 Å². The van der Waals surface area contributed by atoms with E-state index in [-0.39, 0.29) is 0 Å². The zero-order valence-electron chi connectivity index (χ0n) is 10.8. The summed E-state index contributed by atoms with van der Waals surface area (Å²) in [5.41, 5.74) is 1.53. The highest BCUT2D eigenvalue weighted by molar-refractivity contribution is 9.10. The molecule has 0 bridgehead atoms. The molecule has 19 heavy (non-hydrogen) atoms. The highest BCUT2D eigenvalue weighted by atomic mass is 79.9. The molecule has 2 rings (SSSR count). The van der Waals surface area contributed by atoms with Crippen molar-refractivity contribution in [2.45, 2.75) is 6.10 Å². The third-order valence-electron chi connectivity index (χ3n) is 2.89. The second-order valence-electron chi connectivity index (χ2n) is 4.07. The number of hydrogen-bond acceptors (Lipinski definition) is 3. The molecule has 0 saturated carbocycles. The maximum atomic E-state index is 10.5. The summed E-state index contributed by atoms with van der Waals surface area (Å²) < 4.78 is 11.3. The second kappa shape index (κ2) is 6.08. The first kappa shape index (κ1) is 13.9. The molecule has 0 fully saturated rings. The van der Waals surface area contributed by atoms with Crippen molar-refractivity contribution in [1.29, 1.82) is 0 Å². The predicted molar refractivity (Wildman–Crippen MR) is 77.7 cm³/mol. The fourth-order valence-corrected chi connectivity index (χ4v) is 2.37. The molecular formula is C15H15BrO3. The third-order valence-corrected chi connectivity index (χ3v) is 3.61. The van der Waals surface area contributed by atoms with Gasteiger partial charge in [-0.2, -0.15) is 0 Å². The van der Waals surface area contributed by atoms with Crippen molar-refractivity contribution >= 4 is 15.9 Å². The number of ether oxygens (including phenoxy) is 2. The van der Waals surface area contributed by atoms with E-state index in [2.05, 4.69) is 15.9 Å². The summed E-state index contributed by atoms with van der Waals surface area (Å²) >= 11 is 3.44. The Bertz CT molecular complexity index is 547. The minimum Gasteiger partial charge on any atom is -0.497 e. The van der Waals surface area contributed by atoms with Crippen LogP contribution in [0.3, 0.4) is 0 Å². The van der Waals surface area contributed by atoms with E-state index in [0.717, 1.165) is 15.6 Å². The maximum absolute atomic E-state index is 10.5. The Morgan fingerprint density at radius 1 is 1.00 bits per heavy atom. The number of methoxy groups -OCH3 is 2. The Balaban J connectivity index is 2.43. The molecule has 0 aliphatic rings. The van der Waals surface area contributed by atoms with Crippen molar-refractivity contribution in [3.8, 4) is 11.5 Å². The van der Waals surface area contributed by atoms with Crippen LogP contribution in [-0.4, -0.2) is 19.3 Å². The lowest BCUT2D eigenvalue weighted by molar-refractivity contribution is 0.218. The van der Waals surface area contributed by atoms with E-state index in [1.807, 2.05) is 24.3 Å². The average molecular weight is 323 g/mol. The van der Waals surface area contributed by atoms with Gasteiger partial charge in [-0.05, 0) is 29.3 Å². The molecule has 0 spiro atoms. The summed E-state index contributed by atoms with van der Waals surface area (Å²) in [6.07, 6.45) is -0.737. The first-order valence-electron chi connectivity index (χ1n) is 5.81. The fourth-order valence-electron chi connectivity index (χ4n) is 1.86. The van der Waals surface area contributed by atoms with Crippen LogP contribution >= 0.6 is 15.9 Å². The maximum Gasteiger partial charge on any atom is 0.122 e. The molecule has 0 radical (unpaired) electrons. The summed E-state index contributed by atoms with van der Waals surface area (Å²) in [6, 6.07) is 12.9. The minimum absolute atomic E-state index is 0.653. The molecule has 0 aliphatic heterocycles. The molecule has 2 aromatic rings. The Morgan fingerprint density at radius 3 is 2.11 bits per heavy atom. The second-order valence-corrected chi connectivity index (χ2v) is 4.92. The number of aliphatic hydroxyl groups is 1. The molecule has 4 heteroatoms. The molecule has 0 amide bonds. The number of benzene rings is 2. The molecule has 1 unspecified atom stereocenters. The summed E-state index contributed by atoms with van der Waals surface area (Å²) in [6.45, 7) is 0. The van der Waals surface area contributed by atoms with E-state index < -0.39 is 6.10 Å². The van der Waals surface area contributed by atoms with Crippen LogP contribution in [0.1, 0.15) is 17.2 Å². The predicted octanol–water partition coefficient (Wildman–Crippen LogP) is 3.55. The van der Waals surface area contributed by atoms with Gasteiger partial charge in [0.1, 0.15) is 17.6 Å². The van der Waals surface area contributed by atoms with Crippen molar-refractivity contribution < 1.29 is 14.6 Å². The lowest BCUT2D eigenvalue weighted by Gasteiger charge is -2.15. The van der Waals surface area contributed by atoms with Crippen LogP contribution in [0.15, 0.2) is 46.9 Å². The molecule has 0 aliphatic carbocycles. The number of rotatable bonds is 4. The Hall–Kier alpha value is -1.52. The van der Waals surface area contributed by atoms with Crippen LogP contribution in [0, 0.1) is 0 Å². The van der Waals surface area contributed by atoms with E-state index in [0.29, 0.717) is 11.5 Å². The molecule has 3 nitrogen and oxygen atoms in total. The van der Waals surface area contributed by atoms with Crippen molar-refractivity contribution in [1.82, 2.24) is 0 Å². The largest absolute Gasteiger partial charge is 0.497 e. The van der Waals surface area contributed by atoms with Crippen LogP contribution < -0.4 is 9.47 Å². The molecule has 0 aromatic heterocycles. The van der Waals surface area contributed by atoms with Crippen molar-refractivity contribution in [2.24, 2.45) is 0 Å². The highest BCUT2D eigenvalue weighted by Crippen LogP contribution is 2.32. The molecule has 100 valence electrons. The Labute approximate surface area is 120 Å². The van der Waals surface area contributed by atoms with Crippen LogP contribution in [0.4, 0.5) is 0 Å². The average Bonchev–Trinajstić information content (AvgIpc) is 2.46. The molecule has 1 atom stereocenters. The van der Waals surface area contributed by atoms with Gasteiger partial charge in [-0.15, -0.1) is 0 Å². The monoisotopic (exact) mass is 322 g/mol. The molecule has 0 heterocycles. The summed E-state index contributed by atoms with van der Waals surface area (Å²) in [5.74, 6) is 1.31. The van der Waals surface area contributed by atoms with E-state index in [1.54, 1.807) is 32.4 Å². The van der Waals surface area contributed by atoms with Gasteiger partial charge in [0, 0.05) is 10.5 Å². The summed E-state index contributed by atoms with van der Waals surface area (Å²) in [4.78, 5) is 0. The lowest BCUT2D eigenvalue weighted by atomic mass is 10.0. The van der Waals surface area contributed by atoms with Crippen LogP contribution in [0.2, 0.25) is 0 Å². The Kier molecular flexibility index (Phi) is 4.45. The minimum atomic E-state index is -0.737. The van der Waals surface area contributed by atoms with E-state index in [1.165, 1.54) is 0 Å². The summed E-state index contributed by atoms with van der Waals surface area (Å²) in [5, 5.41) is 10.5. The number of aliphatic hydroxyl groups excluding tert-OH is 1. The number of halogens is 1. The first-order valence-corrected chi connectivity index (χ1v) is 6.60. The van der Waals surface area contributed by atoms with E-state index in [4.69, 9.17) is 9.47 Å². The molecule has 0 saturated heterocycles. The van der Waals surface area contributed by atoms with Gasteiger partial charge >= 0.3 is 0 Å². The van der Waals surface area contributed by atoms with E-state index >= 15 is 0 Å². The number of hydrogen-bond donors (Lipinski definition) is 1. The van der Waals surface area contributed by atoms with Crippen LogP contribution in [0.5, 0.6) is 11.5 Å². The first-order chi connectivity index (χ1) is 9.15. The van der Waals surface area contributed by atoms with Crippen LogP contribution in [0.25, 0.3) is 0 Å². The summed E-state index contributed by atoms with van der Waals surface area (Å²) in [7, 11) is 3.17. The topological polar surface area (TPSA) is 38.7 Å². The Morgan fingerprint density at radius 2 is 1.58 bits per heavy atom. The van der Waals surface area contributed by atoms with E-state index in [9.17, 15) is 5.11 Å². The smallest absolute Gasteiger partial charge is 0.122 e. The van der Waals surface area contributed by atoms with Gasteiger partial charge in [0.05, 0.1) is 14.2 Å². The molecule has 1 N–H and O–H groups in total. The zero-order chi connectivity index (χ0) is 13.8. The van der Waals surface area contributed by atoms with Gasteiger partial charge in [-0.25, -0.2) is 0 Å². The van der Waals surface area contributed by atoms with Crippen molar-refractivity contribution in [3.05, 3.63) is 58.1 Å². The van der Waals surface area contributed by atoms with Crippen molar-refractivity contribution in [3.63, 3.8) is 0 Å². The third kappa shape index (κ3) is 3.08.